The van der Waals surface area contributed by atoms with Crippen LogP contribution in [-0.2, 0) is 0 Å². The lowest BCUT2D eigenvalue weighted by molar-refractivity contribution is 0.416. The Hall–Kier alpha value is -1.28. The molecule has 0 atom stereocenters. The van der Waals surface area contributed by atoms with Crippen molar-refractivity contribution in [3.63, 3.8) is 0 Å². The van der Waals surface area contributed by atoms with Gasteiger partial charge in [0.1, 0.15) is 5.75 Å². The zero-order valence-corrected chi connectivity index (χ0v) is 9.91. The van der Waals surface area contributed by atoms with Crippen LogP contribution in [-0.4, -0.2) is 7.11 Å². The Morgan fingerprint density at radius 1 is 1.13 bits per heavy atom. The fourth-order valence-corrected chi connectivity index (χ4v) is 1.70. The zero-order chi connectivity index (χ0) is 10.7. The molecule has 2 rings (SSSR count). The van der Waals surface area contributed by atoms with Gasteiger partial charge < -0.3 is 4.74 Å². The molecule has 2 heteroatoms. The van der Waals surface area contributed by atoms with Crippen LogP contribution in [0.15, 0.2) is 46.9 Å². The number of rotatable bonds is 2. The van der Waals surface area contributed by atoms with Gasteiger partial charge in [-0.25, -0.2) is 0 Å². The smallest absolute Gasteiger partial charge is 0.126 e. The minimum atomic E-state index is 0.883. The topological polar surface area (TPSA) is 9.23 Å². The number of methoxy groups -OCH3 is 1. The second-order valence-corrected chi connectivity index (χ2v) is 3.98. The molecule has 0 aliphatic rings. The average molecular weight is 262 g/mol. The quantitative estimate of drug-likeness (QED) is 0.796. The molecular formula is C13H10BrO. The lowest BCUT2D eigenvalue weighted by Crippen LogP contribution is -1.86. The molecule has 0 fully saturated rings. The third-order valence-corrected chi connectivity index (χ3v) is 2.69. The molecule has 0 bridgehead atoms. The maximum absolute atomic E-state index is 5.30. The van der Waals surface area contributed by atoms with Gasteiger partial charge >= 0.3 is 0 Å². The highest BCUT2D eigenvalue weighted by Gasteiger charge is 2.03. The molecule has 1 nitrogen and oxygen atoms in total. The second-order valence-electron chi connectivity index (χ2n) is 3.13. The van der Waals surface area contributed by atoms with Gasteiger partial charge in [-0.1, -0.05) is 40.2 Å². The molecule has 0 N–H and O–H groups in total. The maximum Gasteiger partial charge on any atom is 0.126 e. The second kappa shape index (κ2) is 4.49. The van der Waals surface area contributed by atoms with Gasteiger partial charge in [-0.15, -0.1) is 0 Å². The molecule has 0 aromatic heterocycles. The Morgan fingerprint density at radius 3 is 2.60 bits per heavy atom. The molecule has 0 heterocycles. The summed E-state index contributed by atoms with van der Waals surface area (Å²) in [5, 5.41) is 0. The summed E-state index contributed by atoms with van der Waals surface area (Å²) < 4.78 is 6.26. The summed E-state index contributed by atoms with van der Waals surface area (Å²) in [6.07, 6.45) is 0. The zero-order valence-electron chi connectivity index (χ0n) is 8.33. The van der Waals surface area contributed by atoms with Crippen molar-refractivity contribution < 1.29 is 4.74 Å². The van der Waals surface area contributed by atoms with Crippen molar-refractivity contribution in [1.82, 2.24) is 0 Å². The molecule has 2 aromatic carbocycles. The molecule has 0 amide bonds. The van der Waals surface area contributed by atoms with E-state index in [-0.39, 0.29) is 0 Å². The molecule has 1 radical (unpaired) electrons. The summed E-state index contributed by atoms with van der Waals surface area (Å²) in [6, 6.07) is 17.0. The van der Waals surface area contributed by atoms with E-state index in [4.69, 9.17) is 4.74 Å². The van der Waals surface area contributed by atoms with E-state index in [1.807, 2.05) is 42.5 Å². The van der Waals surface area contributed by atoms with Crippen LogP contribution in [0.5, 0.6) is 5.75 Å². The predicted octanol–water partition coefficient (Wildman–Crippen LogP) is 3.92. The van der Waals surface area contributed by atoms with E-state index < -0.39 is 0 Å². The van der Waals surface area contributed by atoms with E-state index in [9.17, 15) is 0 Å². The molecule has 0 saturated heterocycles. The van der Waals surface area contributed by atoms with Crippen LogP contribution in [0.3, 0.4) is 0 Å². The van der Waals surface area contributed by atoms with E-state index in [0.29, 0.717) is 0 Å². The number of hydrogen-bond acceptors (Lipinski definition) is 1. The largest absolute Gasteiger partial charge is 0.496 e. The number of ether oxygens (including phenoxy) is 1. The predicted molar refractivity (Wildman–Crippen MR) is 65.0 cm³/mol. The molecule has 2 aromatic rings. The molecule has 15 heavy (non-hydrogen) atoms. The third kappa shape index (κ3) is 2.21. The van der Waals surface area contributed by atoms with Crippen molar-refractivity contribution in [2.45, 2.75) is 0 Å². The third-order valence-electron chi connectivity index (χ3n) is 2.19. The van der Waals surface area contributed by atoms with E-state index in [2.05, 4.69) is 22.0 Å². The molecule has 0 aliphatic carbocycles. The summed E-state index contributed by atoms with van der Waals surface area (Å²) in [6.45, 7) is 0. The van der Waals surface area contributed by atoms with Gasteiger partial charge in [-0.3, -0.25) is 0 Å². The van der Waals surface area contributed by atoms with E-state index in [0.717, 1.165) is 21.3 Å². The van der Waals surface area contributed by atoms with Crippen molar-refractivity contribution in [2.24, 2.45) is 0 Å². The van der Waals surface area contributed by atoms with Crippen LogP contribution in [0.1, 0.15) is 0 Å². The standard InChI is InChI=1S/C13H10BrO/c1-15-13-5-3-2-4-12(13)10-6-8-11(14)9-7-10/h2-8H,1H3. The summed E-state index contributed by atoms with van der Waals surface area (Å²) >= 11 is 3.37. The van der Waals surface area contributed by atoms with Gasteiger partial charge in [-0.2, -0.15) is 0 Å². The normalized spacial score (nSPS) is 10.0. The number of para-hydroxylation sites is 1. The molecular weight excluding hydrogens is 252 g/mol. The van der Waals surface area contributed by atoms with Gasteiger partial charge in [0.2, 0.25) is 0 Å². The number of halogens is 1. The fraction of sp³-hybridized carbons (Fsp3) is 0.0769. The SMILES string of the molecule is COc1ccccc1-c1c[c]c(Br)cc1. The van der Waals surface area contributed by atoms with Gasteiger partial charge in [-0.05, 0) is 29.8 Å². The van der Waals surface area contributed by atoms with Crippen LogP contribution >= 0.6 is 15.9 Å². The van der Waals surface area contributed by atoms with Crippen molar-refractivity contribution in [1.29, 1.82) is 0 Å². The lowest BCUT2D eigenvalue weighted by Gasteiger charge is -2.07. The van der Waals surface area contributed by atoms with Gasteiger partial charge in [0, 0.05) is 10.0 Å². The first-order valence-corrected chi connectivity index (χ1v) is 5.41. The number of hydrogen-bond donors (Lipinski definition) is 0. The Kier molecular flexibility index (Phi) is 3.07. The lowest BCUT2D eigenvalue weighted by atomic mass is 10.1. The van der Waals surface area contributed by atoms with Crippen LogP contribution in [0, 0.1) is 6.07 Å². The monoisotopic (exact) mass is 261 g/mol. The van der Waals surface area contributed by atoms with Gasteiger partial charge in [0.05, 0.1) is 7.11 Å². The van der Waals surface area contributed by atoms with E-state index >= 15 is 0 Å². The molecule has 0 unspecified atom stereocenters. The summed E-state index contributed by atoms with van der Waals surface area (Å²) in [5.41, 5.74) is 2.19. The van der Waals surface area contributed by atoms with Crippen LogP contribution in [0.2, 0.25) is 0 Å². The Bertz CT molecular complexity index is 448. The average Bonchev–Trinajstić information content (AvgIpc) is 2.30. The van der Waals surface area contributed by atoms with Crippen molar-refractivity contribution in [2.75, 3.05) is 7.11 Å². The first kappa shape index (κ1) is 10.2. The first-order valence-electron chi connectivity index (χ1n) is 4.62. The highest BCUT2D eigenvalue weighted by molar-refractivity contribution is 9.10. The van der Waals surface area contributed by atoms with Crippen LogP contribution in [0.4, 0.5) is 0 Å². The minimum absolute atomic E-state index is 0.883. The summed E-state index contributed by atoms with van der Waals surface area (Å²) in [7, 11) is 1.68. The van der Waals surface area contributed by atoms with Crippen molar-refractivity contribution in [3.05, 3.63) is 53.0 Å². The van der Waals surface area contributed by atoms with Gasteiger partial charge in [0.25, 0.3) is 0 Å². The fourth-order valence-electron chi connectivity index (χ4n) is 1.46. The minimum Gasteiger partial charge on any atom is -0.496 e. The van der Waals surface area contributed by atoms with Crippen molar-refractivity contribution >= 4 is 15.9 Å². The summed E-state index contributed by atoms with van der Waals surface area (Å²) in [5.74, 6) is 0.883. The van der Waals surface area contributed by atoms with Crippen LogP contribution < -0.4 is 4.74 Å². The van der Waals surface area contributed by atoms with Gasteiger partial charge in [0.15, 0.2) is 0 Å². The Balaban J connectivity index is 2.49. The first-order chi connectivity index (χ1) is 7.31. The summed E-state index contributed by atoms with van der Waals surface area (Å²) in [4.78, 5) is 0. The van der Waals surface area contributed by atoms with E-state index in [1.165, 1.54) is 0 Å². The molecule has 0 spiro atoms. The Labute approximate surface area is 97.8 Å². The van der Waals surface area contributed by atoms with E-state index in [1.54, 1.807) is 7.11 Å². The maximum atomic E-state index is 5.30. The molecule has 0 saturated carbocycles. The highest BCUT2D eigenvalue weighted by atomic mass is 79.9. The molecule has 0 aliphatic heterocycles. The number of benzene rings is 2. The highest BCUT2D eigenvalue weighted by Crippen LogP contribution is 2.29. The van der Waals surface area contributed by atoms with Crippen LogP contribution in [0.25, 0.3) is 11.1 Å². The molecule has 75 valence electrons. The Morgan fingerprint density at radius 2 is 1.93 bits per heavy atom. The van der Waals surface area contributed by atoms with Crippen molar-refractivity contribution in [3.8, 4) is 16.9 Å².